The Morgan fingerprint density at radius 3 is 1.77 bits per heavy atom. The molecule has 0 unspecified atom stereocenters. The molecule has 0 fully saturated rings. The van der Waals surface area contributed by atoms with Crippen LogP contribution in [0.5, 0.6) is 5.75 Å². The summed E-state index contributed by atoms with van der Waals surface area (Å²) in [6.07, 6.45) is 0. The molecule has 0 heterocycles. The summed E-state index contributed by atoms with van der Waals surface area (Å²) < 4.78 is 6.01. The fourth-order valence-electron chi connectivity index (χ4n) is 2.94. The lowest BCUT2D eigenvalue weighted by Gasteiger charge is -2.13. The summed E-state index contributed by atoms with van der Waals surface area (Å²) in [5, 5.41) is 5.04. The van der Waals surface area contributed by atoms with Crippen LogP contribution >= 0.6 is 0 Å². The molecule has 4 rings (SSSR count). The lowest BCUT2D eigenvalue weighted by atomic mass is 9.97. The van der Waals surface area contributed by atoms with Crippen molar-refractivity contribution in [3.63, 3.8) is 0 Å². The maximum Gasteiger partial charge on any atom is 0.119 e. The second-order valence-electron chi connectivity index (χ2n) is 5.40. The van der Waals surface area contributed by atoms with E-state index >= 15 is 0 Å². The minimum absolute atomic E-state index is 0.575. The summed E-state index contributed by atoms with van der Waals surface area (Å²) in [6, 6.07) is 29.2. The zero-order valence-electron chi connectivity index (χ0n) is 12.2. The van der Waals surface area contributed by atoms with E-state index in [0.717, 1.165) is 5.75 Å². The van der Waals surface area contributed by atoms with Crippen molar-refractivity contribution >= 4 is 21.5 Å². The van der Waals surface area contributed by atoms with E-state index in [-0.39, 0.29) is 0 Å². The Hall–Kier alpha value is -2.80. The number of fused-ring (bicyclic) bond motifs is 2. The molecule has 0 saturated heterocycles. The lowest BCUT2D eigenvalue weighted by molar-refractivity contribution is 0.309. The van der Waals surface area contributed by atoms with Gasteiger partial charge in [0.2, 0.25) is 0 Å². The molecule has 0 spiro atoms. The lowest BCUT2D eigenvalue weighted by Crippen LogP contribution is -1.97. The van der Waals surface area contributed by atoms with Crippen molar-refractivity contribution in [2.75, 3.05) is 0 Å². The second kappa shape index (κ2) is 5.53. The molecule has 22 heavy (non-hydrogen) atoms. The maximum atomic E-state index is 6.01. The summed E-state index contributed by atoms with van der Waals surface area (Å²) in [7, 11) is 0. The second-order valence-corrected chi connectivity index (χ2v) is 5.40. The largest absolute Gasteiger partial charge is 0.489 e. The van der Waals surface area contributed by atoms with Crippen molar-refractivity contribution in [2.45, 2.75) is 6.61 Å². The molecule has 0 aliphatic rings. The molecule has 1 heteroatoms. The fourth-order valence-corrected chi connectivity index (χ4v) is 2.94. The van der Waals surface area contributed by atoms with Crippen molar-refractivity contribution in [1.82, 2.24) is 0 Å². The normalized spacial score (nSPS) is 10.9. The quantitative estimate of drug-likeness (QED) is 0.447. The first-order valence-electron chi connectivity index (χ1n) is 7.49. The summed E-state index contributed by atoms with van der Waals surface area (Å²) >= 11 is 0. The standard InChI is InChI=1S/C21H16O/c1-2-10-18(11-3-1)22-15-21-19-12-6-4-8-16(19)14-17-9-5-7-13-20(17)21/h1-14H,15H2. The first kappa shape index (κ1) is 12.9. The van der Waals surface area contributed by atoms with Crippen LogP contribution in [0.4, 0.5) is 0 Å². The third-order valence-electron chi connectivity index (χ3n) is 4.01. The van der Waals surface area contributed by atoms with Crippen LogP contribution in [-0.2, 0) is 6.61 Å². The third kappa shape index (κ3) is 2.31. The first-order valence-corrected chi connectivity index (χ1v) is 7.49. The molecule has 0 amide bonds. The molecular weight excluding hydrogens is 268 g/mol. The fraction of sp³-hybridized carbons (Fsp3) is 0.0476. The number of rotatable bonds is 3. The Morgan fingerprint density at radius 1 is 0.591 bits per heavy atom. The molecule has 0 aliphatic carbocycles. The molecule has 0 atom stereocenters. The number of hydrogen-bond acceptors (Lipinski definition) is 1. The Labute approximate surface area is 129 Å². The van der Waals surface area contributed by atoms with Gasteiger partial charge in [-0.3, -0.25) is 0 Å². The number of benzene rings is 4. The van der Waals surface area contributed by atoms with Gasteiger partial charge in [-0.2, -0.15) is 0 Å². The molecule has 4 aromatic carbocycles. The van der Waals surface area contributed by atoms with Crippen molar-refractivity contribution < 1.29 is 4.74 Å². The molecule has 0 saturated carbocycles. The van der Waals surface area contributed by atoms with Crippen molar-refractivity contribution in [2.24, 2.45) is 0 Å². The molecule has 106 valence electrons. The maximum absolute atomic E-state index is 6.01. The molecule has 0 bridgehead atoms. The smallest absolute Gasteiger partial charge is 0.119 e. The van der Waals surface area contributed by atoms with E-state index in [2.05, 4.69) is 54.6 Å². The molecule has 0 radical (unpaired) electrons. The van der Waals surface area contributed by atoms with Gasteiger partial charge in [0.15, 0.2) is 0 Å². The van der Waals surface area contributed by atoms with E-state index in [4.69, 9.17) is 4.74 Å². The average Bonchev–Trinajstić information content (AvgIpc) is 2.59. The van der Waals surface area contributed by atoms with Crippen LogP contribution in [0.1, 0.15) is 5.56 Å². The predicted molar refractivity (Wildman–Crippen MR) is 92.2 cm³/mol. The van der Waals surface area contributed by atoms with E-state index in [9.17, 15) is 0 Å². The Bertz CT molecular complexity index is 872. The molecule has 0 aromatic heterocycles. The number of ether oxygens (including phenoxy) is 1. The van der Waals surface area contributed by atoms with E-state index in [1.165, 1.54) is 27.1 Å². The number of hydrogen-bond donors (Lipinski definition) is 0. The highest BCUT2D eigenvalue weighted by atomic mass is 16.5. The van der Waals surface area contributed by atoms with Gasteiger partial charge in [0.1, 0.15) is 12.4 Å². The van der Waals surface area contributed by atoms with Gasteiger partial charge in [-0.05, 0) is 39.7 Å². The molecule has 0 aliphatic heterocycles. The van der Waals surface area contributed by atoms with Gasteiger partial charge in [0.25, 0.3) is 0 Å². The average molecular weight is 284 g/mol. The highest BCUT2D eigenvalue weighted by Gasteiger charge is 2.07. The van der Waals surface area contributed by atoms with Crippen molar-refractivity contribution in [1.29, 1.82) is 0 Å². The molecular formula is C21H16O. The molecule has 4 aromatic rings. The monoisotopic (exact) mass is 284 g/mol. The van der Waals surface area contributed by atoms with Crippen LogP contribution in [0.15, 0.2) is 84.9 Å². The van der Waals surface area contributed by atoms with Crippen LogP contribution in [0.3, 0.4) is 0 Å². The zero-order valence-corrected chi connectivity index (χ0v) is 12.2. The highest BCUT2D eigenvalue weighted by molar-refractivity contribution is 6.02. The van der Waals surface area contributed by atoms with Crippen LogP contribution in [0.25, 0.3) is 21.5 Å². The molecule has 1 nitrogen and oxygen atoms in total. The Balaban J connectivity index is 1.85. The minimum atomic E-state index is 0.575. The zero-order chi connectivity index (χ0) is 14.8. The minimum Gasteiger partial charge on any atom is -0.489 e. The predicted octanol–water partition coefficient (Wildman–Crippen LogP) is 5.57. The van der Waals surface area contributed by atoms with Crippen LogP contribution in [0, 0.1) is 0 Å². The van der Waals surface area contributed by atoms with Gasteiger partial charge < -0.3 is 4.74 Å². The summed E-state index contributed by atoms with van der Waals surface area (Å²) in [4.78, 5) is 0. The van der Waals surface area contributed by atoms with Gasteiger partial charge in [-0.1, -0.05) is 66.7 Å². The SMILES string of the molecule is c1ccc(OCc2c3ccccc3cc3ccccc23)cc1. The van der Waals surface area contributed by atoms with Crippen LogP contribution < -0.4 is 4.74 Å². The van der Waals surface area contributed by atoms with Gasteiger partial charge >= 0.3 is 0 Å². The summed E-state index contributed by atoms with van der Waals surface area (Å²) in [5.74, 6) is 0.902. The van der Waals surface area contributed by atoms with E-state index in [0.29, 0.717) is 6.61 Å². The highest BCUT2D eigenvalue weighted by Crippen LogP contribution is 2.29. The first-order chi connectivity index (χ1) is 10.9. The number of para-hydroxylation sites is 1. The van der Waals surface area contributed by atoms with Crippen molar-refractivity contribution in [3.05, 3.63) is 90.5 Å². The Morgan fingerprint density at radius 2 is 1.14 bits per heavy atom. The Kier molecular flexibility index (Phi) is 3.24. The van der Waals surface area contributed by atoms with Gasteiger partial charge in [0, 0.05) is 5.56 Å². The topological polar surface area (TPSA) is 9.23 Å². The van der Waals surface area contributed by atoms with Crippen molar-refractivity contribution in [3.8, 4) is 5.75 Å². The van der Waals surface area contributed by atoms with E-state index in [1.807, 2.05) is 30.3 Å². The third-order valence-corrected chi connectivity index (χ3v) is 4.01. The summed E-state index contributed by atoms with van der Waals surface area (Å²) in [5.41, 5.74) is 1.25. The van der Waals surface area contributed by atoms with Gasteiger partial charge in [0.05, 0.1) is 0 Å². The van der Waals surface area contributed by atoms with Crippen LogP contribution in [-0.4, -0.2) is 0 Å². The van der Waals surface area contributed by atoms with E-state index < -0.39 is 0 Å². The van der Waals surface area contributed by atoms with Gasteiger partial charge in [-0.25, -0.2) is 0 Å². The van der Waals surface area contributed by atoms with Crippen LogP contribution in [0.2, 0.25) is 0 Å². The van der Waals surface area contributed by atoms with Gasteiger partial charge in [-0.15, -0.1) is 0 Å². The summed E-state index contributed by atoms with van der Waals surface area (Å²) in [6.45, 7) is 0.575. The molecule has 0 N–H and O–H groups in total. The van der Waals surface area contributed by atoms with E-state index in [1.54, 1.807) is 0 Å².